The van der Waals surface area contributed by atoms with Crippen molar-refractivity contribution in [2.45, 2.75) is 19.9 Å². The standard InChI is InChI=1S/C15H22N4O2/c1-6-8-19(9-7-2)15(21)12(4)16-14(20)13-10-18(5)17-11(13)3/h6-7,10,12H,1-2,8-9H2,3-5H3,(H,16,20). The Balaban J connectivity index is 2.74. The fourth-order valence-electron chi connectivity index (χ4n) is 2.00. The Hall–Kier alpha value is -2.37. The maximum atomic E-state index is 12.3. The van der Waals surface area contributed by atoms with Gasteiger partial charge in [0.1, 0.15) is 6.04 Å². The zero-order valence-electron chi connectivity index (χ0n) is 12.8. The van der Waals surface area contributed by atoms with E-state index in [2.05, 4.69) is 23.6 Å². The number of hydrogen-bond acceptors (Lipinski definition) is 3. The molecule has 1 atom stereocenters. The van der Waals surface area contributed by atoms with Crippen LogP contribution in [-0.2, 0) is 11.8 Å². The molecule has 1 aromatic rings. The molecule has 114 valence electrons. The van der Waals surface area contributed by atoms with Crippen molar-refractivity contribution in [2.75, 3.05) is 13.1 Å². The molecule has 0 aliphatic rings. The van der Waals surface area contributed by atoms with Crippen molar-refractivity contribution >= 4 is 11.8 Å². The second kappa shape index (κ2) is 7.42. The largest absolute Gasteiger partial charge is 0.340 e. The Kier molecular flexibility index (Phi) is 5.90. The van der Waals surface area contributed by atoms with Crippen LogP contribution >= 0.6 is 0 Å². The molecule has 1 unspecified atom stereocenters. The van der Waals surface area contributed by atoms with Gasteiger partial charge in [0.25, 0.3) is 5.91 Å². The maximum absolute atomic E-state index is 12.3. The minimum atomic E-state index is -0.628. The van der Waals surface area contributed by atoms with E-state index < -0.39 is 6.04 Å². The molecule has 1 N–H and O–H groups in total. The third-order valence-electron chi connectivity index (χ3n) is 2.99. The van der Waals surface area contributed by atoms with Crippen LogP contribution in [0.5, 0.6) is 0 Å². The van der Waals surface area contributed by atoms with Gasteiger partial charge >= 0.3 is 0 Å². The Labute approximate surface area is 125 Å². The summed E-state index contributed by atoms with van der Waals surface area (Å²) in [6.07, 6.45) is 4.91. The number of nitrogens with zero attached hydrogens (tertiary/aromatic N) is 3. The minimum absolute atomic E-state index is 0.176. The summed E-state index contributed by atoms with van der Waals surface area (Å²) < 4.78 is 1.57. The SMILES string of the molecule is C=CCN(CC=C)C(=O)C(C)NC(=O)c1cn(C)nc1C. The van der Waals surface area contributed by atoms with Crippen molar-refractivity contribution in [1.29, 1.82) is 0 Å². The molecule has 0 saturated heterocycles. The first-order valence-electron chi connectivity index (χ1n) is 6.72. The molecule has 6 heteroatoms. The lowest BCUT2D eigenvalue weighted by molar-refractivity contribution is -0.131. The maximum Gasteiger partial charge on any atom is 0.255 e. The van der Waals surface area contributed by atoms with Crippen molar-refractivity contribution in [3.63, 3.8) is 0 Å². The summed E-state index contributed by atoms with van der Waals surface area (Å²) in [5.74, 6) is -0.483. The van der Waals surface area contributed by atoms with Crippen LogP contribution < -0.4 is 5.32 Å². The molecule has 1 heterocycles. The Bertz CT molecular complexity index is 538. The van der Waals surface area contributed by atoms with E-state index in [-0.39, 0.29) is 11.8 Å². The molecular weight excluding hydrogens is 268 g/mol. The highest BCUT2D eigenvalue weighted by Crippen LogP contribution is 2.05. The lowest BCUT2D eigenvalue weighted by atomic mass is 10.2. The molecular formula is C15H22N4O2. The predicted molar refractivity (Wildman–Crippen MR) is 81.8 cm³/mol. The van der Waals surface area contributed by atoms with E-state index in [0.29, 0.717) is 24.3 Å². The molecule has 1 aromatic heterocycles. The van der Waals surface area contributed by atoms with E-state index in [1.165, 1.54) is 0 Å². The van der Waals surface area contributed by atoms with Gasteiger partial charge in [-0.05, 0) is 13.8 Å². The normalized spacial score (nSPS) is 11.6. The highest BCUT2D eigenvalue weighted by molar-refractivity contribution is 5.98. The zero-order chi connectivity index (χ0) is 16.0. The van der Waals surface area contributed by atoms with Crippen LogP contribution in [0.4, 0.5) is 0 Å². The first kappa shape index (κ1) is 16.7. The van der Waals surface area contributed by atoms with Gasteiger partial charge in [0.15, 0.2) is 0 Å². The number of carbonyl (C=O) groups excluding carboxylic acids is 2. The lowest BCUT2D eigenvalue weighted by Crippen LogP contribution is -2.47. The van der Waals surface area contributed by atoms with Crippen molar-refractivity contribution in [3.05, 3.63) is 42.8 Å². The van der Waals surface area contributed by atoms with Crippen LogP contribution in [0.25, 0.3) is 0 Å². The molecule has 0 spiro atoms. The van der Waals surface area contributed by atoms with Crippen molar-refractivity contribution in [3.8, 4) is 0 Å². The highest BCUT2D eigenvalue weighted by Gasteiger charge is 2.22. The van der Waals surface area contributed by atoms with Crippen molar-refractivity contribution < 1.29 is 9.59 Å². The number of aromatic nitrogens is 2. The Morgan fingerprint density at radius 2 is 2.00 bits per heavy atom. The molecule has 0 aliphatic heterocycles. The predicted octanol–water partition coefficient (Wildman–Crippen LogP) is 1.05. The first-order chi connectivity index (χ1) is 9.90. The average Bonchev–Trinajstić information content (AvgIpc) is 2.76. The molecule has 0 bridgehead atoms. The monoisotopic (exact) mass is 290 g/mol. The molecule has 6 nitrogen and oxygen atoms in total. The summed E-state index contributed by atoms with van der Waals surface area (Å²) in [5, 5.41) is 6.81. The van der Waals surface area contributed by atoms with Gasteiger partial charge in [0.05, 0.1) is 11.3 Å². The summed E-state index contributed by atoms with van der Waals surface area (Å²) in [6.45, 7) is 11.5. The van der Waals surface area contributed by atoms with Gasteiger partial charge < -0.3 is 10.2 Å². The van der Waals surface area contributed by atoms with Crippen LogP contribution in [-0.4, -0.2) is 45.6 Å². The molecule has 0 aliphatic carbocycles. The van der Waals surface area contributed by atoms with Gasteiger partial charge in [-0.1, -0.05) is 12.2 Å². The molecule has 0 aromatic carbocycles. The van der Waals surface area contributed by atoms with Gasteiger partial charge in [-0.25, -0.2) is 0 Å². The number of nitrogens with one attached hydrogen (secondary N) is 1. The van der Waals surface area contributed by atoms with Crippen LogP contribution in [0.15, 0.2) is 31.5 Å². The summed E-state index contributed by atoms with van der Waals surface area (Å²) in [4.78, 5) is 26.0. The van der Waals surface area contributed by atoms with Gasteiger partial charge in [0.2, 0.25) is 5.91 Å². The smallest absolute Gasteiger partial charge is 0.255 e. The van der Waals surface area contributed by atoms with Gasteiger partial charge in [0, 0.05) is 26.3 Å². The summed E-state index contributed by atoms with van der Waals surface area (Å²) in [6, 6.07) is -0.628. The Morgan fingerprint density at radius 1 is 1.43 bits per heavy atom. The zero-order valence-corrected chi connectivity index (χ0v) is 12.8. The van der Waals surface area contributed by atoms with E-state index in [1.54, 1.807) is 48.8 Å². The van der Waals surface area contributed by atoms with E-state index in [9.17, 15) is 9.59 Å². The van der Waals surface area contributed by atoms with E-state index >= 15 is 0 Å². The van der Waals surface area contributed by atoms with Crippen molar-refractivity contribution in [2.24, 2.45) is 7.05 Å². The van der Waals surface area contributed by atoms with Gasteiger partial charge in [-0.15, -0.1) is 13.2 Å². The first-order valence-corrected chi connectivity index (χ1v) is 6.72. The van der Waals surface area contributed by atoms with Crippen LogP contribution in [0.2, 0.25) is 0 Å². The molecule has 0 saturated carbocycles. The molecule has 0 radical (unpaired) electrons. The molecule has 2 amide bonds. The summed E-state index contributed by atoms with van der Waals surface area (Å²) >= 11 is 0. The third kappa shape index (κ3) is 4.30. The van der Waals surface area contributed by atoms with E-state index in [0.717, 1.165) is 0 Å². The summed E-state index contributed by atoms with van der Waals surface area (Å²) in [5.41, 5.74) is 1.10. The topological polar surface area (TPSA) is 67.2 Å². The number of amides is 2. The molecule has 21 heavy (non-hydrogen) atoms. The van der Waals surface area contributed by atoms with Crippen LogP contribution in [0.3, 0.4) is 0 Å². The number of hydrogen-bond donors (Lipinski definition) is 1. The van der Waals surface area contributed by atoms with Gasteiger partial charge in [-0.2, -0.15) is 5.10 Å². The second-order valence-corrected chi connectivity index (χ2v) is 4.82. The fraction of sp³-hybridized carbons (Fsp3) is 0.400. The minimum Gasteiger partial charge on any atom is -0.340 e. The fourth-order valence-corrected chi connectivity index (χ4v) is 2.00. The second-order valence-electron chi connectivity index (χ2n) is 4.82. The molecule has 1 rings (SSSR count). The number of carbonyl (C=O) groups is 2. The highest BCUT2D eigenvalue weighted by atomic mass is 16.2. The lowest BCUT2D eigenvalue weighted by Gasteiger charge is -2.23. The summed E-state index contributed by atoms with van der Waals surface area (Å²) in [7, 11) is 1.74. The molecule has 0 fully saturated rings. The van der Waals surface area contributed by atoms with E-state index in [1.807, 2.05) is 0 Å². The average molecular weight is 290 g/mol. The van der Waals surface area contributed by atoms with E-state index in [4.69, 9.17) is 0 Å². The van der Waals surface area contributed by atoms with Gasteiger partial charge in [-0.3, -0.25) is 14.3 Å². The quantitative estimate of drug-likeness (QED) is 0.763. The third-order valence-corrected chi connectivity index (χ3v) is 2.99. The number of rotatable bonds is 7. The van der Waals surface area contributed by atoms with Crippen molar-refractivity contribution in [1.82, 2.24) is 20.0 Å². The van der Waals surface area contributed by atoms with Crippen LogP contribution in [0.1, 0.15) is 23.0 Å². The number of aryl methyl sites for hydroxylation is 2. The van der Waals surface area contributed by atoms with Crippen LogP contribution in [0, 0.1) is 6.92 Å². The Morgan fingerprint density at radius 3 is 2.43 bits per heavy atom.